The highest BCUT2D eigenvalue weighted by Gasteiger charge is 2.30. The van der Waals surface area contributed by atoms with Crippen LogP contribution >= 0.6 is 45.3 Å². The van der Waals surface area contributed by atoms with E-state index in [9.17, 15) is 79.2 Å². The number of carbonyl (C=O) groups excluding carboxylic acids is 4. The fraction of sp³-hybridized carbons (Fsp3) is 0.0588. The van der Waals surface area contributed by atoms with E-state index in [1.807, 2.05) is 81.4 Å². The summed E-state index contributed by atoms with van der Waals surface area (Å²) in [5.74, 6) is -5.15. The van der Waals surface area contributed by atoms with E-state index in [0.717, 1.165) is 104 Å². The lowest BCUT2D eigenvalue weighted by atomic mass is 9.94. The van der Waals surface area contributed by atoms with E-state index >= 15 is 0 Å². The minimum atomic E-state index is -1.03. The molecule has 0 aliphatic rings. The smallest absolute Gasteiger partial charge is 0.328 e. The molecular formula is C102H76O20S4. The number of benzene rings is 12. The molecule has 0 unspecified atom stereocenters. The van der Waals surface area contributed by atoms with Crippen LogP contribution in [0.4, 0.5) is 0 Å². The Morgan fingerprint density at radius 3 is 0.786 bits per heavy atom. The number of fused-ring (bicyclic) bond motifs is 4. The second-order valence-electron chi connectivity index (χ2n) is 29.4. The topological polar surface area (TPSA) is 379 Å². The van der Waals surface area contributed by atoms with Gasteiger partial charge in [0.05, 0.1) is 41.8 Å². The van der Waals surface area contributed by atoms with Crippen LogP contribution in [0.3, 0.4) is 0 Å². The third kappa shape index (κ3) is 19.8. The van der Waals surface area contributed by atoms with Crippen molar-refractivity contribution in [1.29, 1.82) is 0 Å². The Kier molecular flexibility index (Phi) is 26.5. The minimum absolute atomic E-state index is 0.0621. The fourth-order valence-electron chi connectivity index (χ4n) is 14.6. The zero-order valence-electron chi connectivity index (χ0n) is 67.8. The summed E-state index contributed by atoms with van der Waals surface area (Å²) >= 11 is 5.04. The van der Waals surface area contributed by atoms with Crippen LogP contribution in [0.2, 0.25) is 0 Å². The maximum atomic E-state index is 13.6. The minimum Gasteiger partial charge on any atom is -0.508 e. The summed E-state index contributed by atoms with van der Waals surface area (Å²) in [5.41, 5.74) is 14.4. The molecule has 0 aliphatic heterocycles. The van der Waals surface area contributed by atoms with Gasteiger partial charge in [0.2, 0.25) is 23.1 Å². The number of ketones is 4. The number of phenolic OH excluding ortho intramolecular Hbond substituents is 8. The Bertz CT molecular complexity index is 6910. The summed E-state index contributed by atoms with van der Waals surface area (Å²) in [6.45, 7) is 10.9. The Morgan fingerprint density at radius 2 is 0.524 bits per heavy atom. The number of carbonyl (C=O) groups is 8. The van der Waals surface area contributed by atoms with E-state index < -0.39 is 23.9 Å². The van der Waals surface area contributed by atoms with Crippen molar-refractivity contribution in [2.75, 3.05) is 0 Å². The molecule has 126 heavy (non-hydrogen) atoms. The number of aliphatic carboxylic acids is 4. The molecule has 0 bridgehead atoms. The molecule has 16 rings (SSSR count). The molecule has 0 fully saturated rings. The Labute approximate surface area is 735 Å². The number of hydrogen-bond donors (Lipinski definition) is 12. The number of thiophene rings is 4. The van der Waals surface area contributed by atoms with E-state index in [-0.39, 0.29) is 91.4 Å². The van der Waals surface area contributed by atoms with Crippen LogP contribution in [0.1, 0.15) is 117 Å². The third-order valence-corrected chi connectivity index (χ3v) is 24.8. The van der Waals surface area contributed by atoms with Crippen molar-refractivity contribution in [3.05, 3.63) is 352 Å². The molecule has 0 atom stereocenters. The van der Waals surface area contributed by atoms with Crippen LogP contribution in [0.25, 0.3) is 109 Å². The zero-order valence-corrected chi connectivity index (χ0v) is 71.1. The Balaban J connectivity index is 0.000000144. The molecule has 628 valence electrons. The van der Waals surface area contributed by atoms with Crippen LogP contribution in [0.5, 0.6) is 46.0 Å². The van der Waals surface area contributed by atoms with E-state index in [1.165, 1.54) is 75.7 Å². The van der Waals surface area contributed by atoms with E-state index in [4.69, 9.17) is 20.4 Å². The van der Waals surface area contributed by atoms with Gasteiger partial charge in [-0.25, -0.2) is 19.2 Å². The molecule has 0 saturated carbocycles. The zero-order chi connectivity index (χ0) is 90.2. The molecular weight excluding hydrogens is 1670 g/mol. The molecule has 12 aromatic carbocycles. The average Bonchev–Trinajstić information content (AvgIpc) is 1.59. The molecule has 12 N–H and O–H groups in total. The number of phenols is 8. The van der Waals surface area contributed by atoms with Gasteiger partial charge in [0.15, 0.2) is 0 Å². The molecule has 4 heterocycles. The van der Waals surface area contributed by atoms with Gasteiger partial charge in [-0.1, -0.05) is 127 Å². The standard InChI is InChI=1S/2C26H20O5S.2C25H18O5S/c2*1-14-11-15(2)23(20(28)12-14)25(31)26-24(19-9-8-18(27)13-21(19)32-26)17-6-3-16(4-7-17)5-10-22(29)30;1-14-2-9-18(20(27)12-14)24(30)25-23(19-10-8-17(26)13-21(19)31-25)16-6-3-15(4-7-16)5-11-22(28)29;1-14-3-2-4-19(27)22(14)24(30)25-23(18-11-10-17(26)13-20(18)31-25)16-8-5-15(6-9-16)7-12-21(28)29/h2*3-13,27-28H,1-2H3,(H,29,30);2*2-13,26-27H,1H3,(H,28,29)/b2*10-5+;11-5+;12-7+. The monoisotopic (exact) mass is 1750 g/mol. The number of aromatic hydroxyl groups is 8. The summed E-state index contributed by atoms with van der Waals surface area (Å²) in [4.78, 5) is 98.9. The molecule has 0 amide bonds. The highest BCUT2D eigenvalue weighted by Crippen LogP contribution is 2.48. The number of carboxylic acids is 4. The summed E-state index contributed by atoms with van der Waals surface area (Å²) < 4.78 is 3.01. The van der Waals surface area contributed by atoms with Crippen molar-refractivity contribution >= 4 is 157 Å². The van der Waals surface area contributed by atoms with Crippen molar-refractivity contribution in [3.8, 4) is 90.5 Å². The number of carboxylic acid groups (broad SMARTS) is 4. The average molecular weight is 1750 g/mol. The van der Waals surface area contributed by atoms with Crippen molar-refractivity contribution < 1.29 is 99.6 Å². The predicted octanol–water partition coefficient (Wildman–Crippen LogP) is 23.1. The van der Waals surface area contributed by atoms with Gasteiger partial charge in [0.1, 0.15) is 46.0 Å². The largest absolute Gasteiger partial charge is 0.508 e. The van der Waals surface area contributed by atoms with Crippen molar-refractivity contribution in [2.45, 2.75) is 41.5 Å². The van der Waals surface area contributed by atoms with Crippen LogP contribution in [0.15, 0.2) is 255 Å². The maximum Gasteiger partial charge on any atom is 0.328 e. The van der Waals surface area contributed by atoms with Crippen molar-refractivity contribution in [1.82, 2.24) is 0 Å². The molecule has 0 radical (unpaired) electrons. The Morgan fingerprint density at radius 1 is 0.254 bits per heavy atom. The van der Waals surface area contributed by atoms with Gasteiger partial charge in [0.25, 0.3) is 0 Å². The molecule has 16 aromatic rings. The molecule has 20 nitrogen and oxygen atoms in total. The van der Waals surface area contributed by atoms with Crippen molar-refractivity contribution in [3.63, 3.8) is 0 Å². The van der Waals surface area contributed by atoms with Gasteiger partial charge >= 0.3 is 23.9 Å². The summed E-state index contributed by atoms with van der Waals surface area (Å²) in [6, 6.07) is 65.4. The van der Waals surface area contributed by atoms with E-state index in [1.54, 1.807) is 185 Å². The number of rotatable bonds is 20. The molecule has 0 aliphatic carbocycles. The second kappa shape index (κ2) is 37.8. The molecule has 24 heteroatoms. The Hall–Kier alpha value is -15.6. The predicted molar refractivity (Wildman–Crippen MR) is 497 cm³/mol. The van der Waals surface area contributed by atoms with Crippen LogP contribution < -0.4 is 0 Å². The van der Waals surface area contributed by atoms with Gasteiger partial charge in [-0.05, 0) is 247 Å². The summed E-state index contributed by atoms with van der Waals surface area (Å²) in [7, 11) is 0. The molecule has 0 saturated heterocycles. The van der Waals surface area contributed by atoms with Gasteiger partial charge in [-0.3, -0.25) is 19.2 Å². The van der Waals surface area contributed by atoms with Gasteiger partial charge < -0.3 is 61.3 Å². The van der Waals surface area contributed by atoms with Crippen LogP contribution in [0, 0.1) is 41.5 Å². The third-order valence-electron chi connectivity index (χ3n) is 20.2. The lowest BCUT2D eigenvalue weighted by Crippen LogP contribution is -2.04. The first-order chi connectivity index (χ1) is 60.2. The second-order valence-corrected chi connectivity index (χ2v) is 33.6. The lowest BCUT2D eigenvalue weighted by Gasteiger charge is -2.10. The number of aryl methyl sites for hydroxylation is 6. The van der Waals surface area contributed by atoms with Crippen molar-refractivity contribution in [2.24, 2.45) is 0 Å². The SMILES string of the molecule is Cc1cc(C)c(C(=O)c2sc3cc(O)ccc3c2-c2ccc(/C=C/C(=O)O)cc2)c(O)c1.Cc1cc(C)c(C(=O)c2sc3cc(O)ccc3c2-c2ccc(/C=C/C(=O)O)cc2)c(O)c1.Cc1ccc(C(=O)c2sc3cc(O)ccc3c2-c2ccc(/C=C/C(=O)O)cc2)c(O)c1.Cc1cccc(O)c1C(=O)c1sc2cc(O)ccc2c1-c1ccc(/C=C/C(=O)O)cc1. The van der Waals surface area contributed by atoms with E-state index in [2.05, 4.69) is 0 Å². The molecule has 4 aromatic heterocycles. The first-order valence-corrected chi connectivity index (χ1v) is 41.9. The highest BCUT2D eigenvalue weighted by molar-refractivity contribution is 7.23. The lowest BCUT2D eigenvalue weighted by molar-refractivity contribution is -0.132. The first kappa shape index (κ1) is 88.2. The normalized spacial score (nSPS) is 11.3. The summed E-state index contributed by atoms with van der Waals surface area (Å²) in [6.07, 6.45) is 10.2. The number of hydrogen-bond acceptors (Lipinski definition) is 20. The summed E-state index contributed by atoms with van der Waals surface area (Å²) in [5, 5.41) is 120. The fourth-order valence-corrected chi connectivity index (χ4v) is 19.4. The highest BCUT2D eigenvalue weighted by atomic mass is 32.1. The maximum absolute atomic E-state index is 13.6. The van der Waals surface area contributed by atoms with Gasteiger partial charge in [-0.2, -0.15) is 0 Å². The van der Waals surface area contributed by atoms with Crippen LogP contribution in [-0.4, -0.2) is 108 Å². The van der Waals surface area contributed by atoms with Gasteiger partial charge in [0, 0.05) is 86.9 Å². The van der Waals surface area contributed by atoms with Crippen LogP contribution in [-0.2, 0) is 19.2 Å². The molecule has 0 spiro atoms. The first-order valence-electron chi connectivity index (χ1n) is 38.6. The van der Waals surface area contributed by atoms with E-state index in [0.29, 0.717) is 80.7 Å². The quantitative estimate of drug-likeness (QED) is 0.0249. The van der Waals surface area contributed by atoms with Gasteiger partial charge in [-0.15, -0.1) is 45.3 Å².